The molecule has 0 spiro atoms. The van der Waals surface area contributed by atoms with Crippen molar-refractivity contribution in [1.82, 2.24) is 5.32 Å². The Labute approximate surface area is 205 Å². The average Bonchev–Trinajstić information content (AvgIpc) is 2.83. The van der Waals surface area contributed by atoms with Crippen LogP contribution in [0.2, 0.25) is 0 Å². The average molecular weight is 478 g/mol. The fourth-order valence-electron chi connectivity index (χ4n) is 3.68. The lowest BCUT2D eigenvalue weighted by molar-refractivity contribution is -0.139. The molecule has 0 aliphatic heterocycles. The molecule has 3 aromatic carbocycles. The summed E-state index contributed by atoms with van der Waals surface area (Å²) >= 11 is 1.55. The SMILES string of the molecule is CSCCC(NC(=O)c1ccc(COCc2ccc(C)cc2)cc1-c1ccccc1C)C(=O)O. The van der Waals surface area contributed by atoms with E-state index in [2.05, 4.69) is 36.5 Å². The lowest BCUT2D eigenvalue weighted by atomic mass is 9.93. The molecule has 0 radical (unpaired) electrons. The highest BCUT2D eigenvalue weighted by atomic mass is 32.2. The van der Waals surface area contributed by atoms with E-state index in [9.17, 15) is 14.7 Å². The Balaban J connectivity index is 1.84. The molecule has 0 heterocycles. The Morgan fingerprint density at radius 3 is 2.29 bits per heavy atom. The Morgan fingerprint density at radius 2 is 1.62 bits per heavy atom. The lowest BCUT2D eigenvalue weighted by Gasteiger charge is -2.18. The molecule has 0 aliphatic carbocycles. The molecular formula is C28H31NO4S. The van der Waals surface area contributed by atoms with Crippen LogP contribution in [0, 0.1) is 13.8 Å². The van der Waals surface area contributed by atoms with Gasteiger partial charge >= 0.3 is 5.97 Å². The van der Waals surface area contributed by atoms with Gasteiger partial charge in [-0.25, -0.2) is 4.79 Å². The molecule has 3 aromatic rings. The van der Waals surface area contributed by atoms with Gasteiger partial charge in [-0.1, -0.05) is 60.2 Å². The van der Waals surface area contributed by atoms with Gasteiger partial charge in [-0.3, -0.25) is 4.79 Å². The van der Waals surface area contributed by atoms with E-state index >= 15 is 0 Å². The van der Waals surface area contributed by atoms with Gasteiger partial charge in [0.2, 0.25) is 0 Å². The number of carbonyl (C=O) groups excluding carboxylic acids is 1. The summed E-state index contributed by atoms with van der Waals surface area (Å²) in [7, 11) is 0. The number of carboxylic acids is 1. The van der Waals surface area contributed by atoms with Crippen LogP contribution in [0.1, 0.15) is 39.0 Å². The van der Waals surface area contributed by atoms with Gasteiger partial charge in [0.15, 0.2) is 0 Å². The molecule has 2 N–H and O–H groups in total. The van der Waals surface area contributed by atoms with Crippen molar-refractivity contribution in [2.45, 2.75) is 39.5 Å². The van der Waals surface area contributed by atoms with Crippen molar-refractivity contribution < 1.29 is 19.4 Å². The number of rotatable bonds is 11. The van der Waals surface area contributed by atoms with Gasteiger partial charge in [-0.15, -0.1) is 0 Å². The van der Waals surface area contributed by atoms with E-state index in [0.29, 0.717) is 31.0 Å². The van der Waals surface area contributed by atoms with E-state index in [4.69, 9.17) is 4.74 Å². The number of ether oxygens (including phenoxy) is 1. The number of aryl methyl sites for hydroxylation is 2. The molecule has 178 valence electrons. The third-order valence-electron chi connectivity index (χ3n) is 5.64. The van der Waals surface area contributed by atoms with Crippen LogP contribution in [0.4, 0.5) is 0 Å². The Morgan fingerprint density at radius 1 is 0.941 bits per heavy atom. The molecule has 0 saturated carbocycles. The number of aliphatic carboxylic acids is 1. The molecule has 5 nitrogen and oxygen atoms in total. The van der Waals surface area contributed by atoms with Crippen LogP contribution in [0.25, 0.3) is 11.1 Å². The van der Waals surface area contributed by atoms with Crippen molar-refractivity contribution in [3.8, 4) is 11.1 Å². The van der Waals surface area contributed by atoms with E-state index in [1.54, 1.807) is 17.8 Å². The van der Waals surface area contributed by atoms with E-state index in [0.717, 1.165) is 27.8 Å². The first-order valence-electron chi connectivity index (χ1n) is 11.2. The summed E-state index contributed by atoms with van der Waals surface area (Å²) in [6.45, 7) is 4.95. The minimum Gasteiger partial charge on any atom is -0.480 e. The summed E-state index contributed by atoms with van der Waals surface area (Å²) in [6, 6.07) is 20.7. The summed E-state index contributed by atoms with van der Waals surface area (Å²) in [5.41, 5.74) is 6.44. The van der Waals surface area contributed by atoms with Gasteiger partial charge in [-0.05, 0) is 72.2 Å². The van der Waals surface area contributed by atoms with Gasteiger partial charge in [0.05, 0.1) is 13.2 Å². The second-order valence-electron chi connectivity index (χ2n) is 8.32. The van der Waals surface area contributed by atoms with E-state index in [1.807, 2.05) is 49.6 Å². The van der Waals surface area contributed by atoms with Crippen LogP contribution in [-0.2, 0) is 22.7 Å². The molecule has 0 bridgehead atoms. The molecule has 1 unspecified atom stereocenters. The van der Waals surface area contributed by atoms with Crippen molar-refractivity contribution in [3.05, 3.63) is 94.5 Å². The lowest BCUT2D eigenvalue weighted by Crippen LogP contribution is -2.41. The maximum atomic E-state index is 13.2. The Hall–Kier alpha value is -3.09. The Kier molecular flexibility index (Phi) is 9.31. The van der Waals surface area contributed by atoms with Gasteiger partial charge in [-0.2, -0.15) is 11.8 Å². The molecule has 1 atom stereocenters. The third kappa shape index (κ3) is 6.95. The number of nitrogens with one attached hydrogen (secondary N) is 1. The normalized spacial score (nSPS) is 11.7. The summed E-state index contributed by atoms with van der Waals surface area (Å²) in [4.78, 5) is 24.8. The highest BCUT2D eigenvalue weighted by molar-refractivity contribution is 7.98. The van der Waals surface area contributed by atoms with Crippen LogP contribution >= 0.6 is 11.8 Å². The predicted molar refractivity (Wildman–Crippen MR) is 138 cm³/mol. The summed E-state index contributed by atoms with van der Waals surface area (Å²) in [6.07, 6.45) is 2.28. The zero-order chi connectivity index (χ0) is 24.5. The Bertz CT molecular complexity index is 1130. The van der Waals surface area contributed by atoms with Gasteiger partial charge in [0, 0.05) is 5.56 Å². The maximum absolute atomic E-state index is 13.2. The van der Waals surface area contributed by atoms with Crippen LogP contribution in [0.15, 0.2) is 66.7 Å². The summed E-state index contributed by atoms with van der Waals surface area (Å²) in [5.74, 6) is -0.765. The maximum Gasteiger partial charge on any atom is 0.326 e. The van der Waals surface area contributed by atoms with Crippen LogP contribution in [-0.4, -0.2) is 35.0 Å². The number of amides is 1. The number of thioether (sulfide) groups is 1. The number of carbonyl (C=O) groups is 2. The smallest absolute Gasteiger partial charge is 0.326 e. The molecule has 0 aliphatic rings. The molecule has 34 heavy (non-hydrogen) atoms. The number of hydrogen-bond donors (Lipinski definition) is 2. The van der Waals surface area contributed by atoms with Crippen LogP contribution in [0.3, 0.4) is 0 Å². The highest BCUT2D eigenvalue weighted by Crippen LogP contribution is 2.29. The minimum absolute atomic E-state index is 0.368. The minimum atomic E-state index is -1.03. The molecule has 0 saturated heterocycles. The van der Waals surface area contributed by atoms with Crippen molar-refractivity contribution in [1.29, 1.82) is 0 Å². The van der Waals surface area contributed by atoms with Crippen molar-refractivity contribution in [2.75, 3.05) is 12.0 Å². The van der Waals surface area contributed by atoms with Crippen molar-refractivity contribution in [2.24, 2.45) is 0 Å². The third-order valence-corrected chi connectivity index (χ3v) is 6.28. The fourth-order valence-corrected chi connectivity index (χ4v) is 4.15. The van der Waals surface area contributed by atoms with Gasteiger partial charge in [0.1, 0.15) is 6.04 Å². The van der Waals surface area contributed by atoms with Crippen molar-refractivity contribution >= 4 is 23.6 Å². The summed E-state index contributed by atoms with van der Waals surface area (Å²) in [5, 5.41) is 12.2. The molecule has 1 amide bonds. The zero-order valence-corrected chi connectivity index (χ0v) is 20.7. The number of benzene rings is 3. The van der Waals surface area contributed by atoms with Gasteiger partial charge in [0.25, 0.3) is 5.91 Å². The van der Waals surface area contributed by atoms with Crippen molar-refractivity contribution in [3.63, 3.8) is 0 Å². The van der Waals surface area contributed by atoms with Crippen LogP contribution < -0.4 is 5.32 Å². The van der Waals surface area contributed by atoms with Crippen LogP contribution in [0.5, 0.6) is 0 Å². The monoisotopic (exact) mass is 477 g/mol. The van der Waals surface area contributed by atoms with E-state index in [-0.39, 0.29) is 5.91 Å². The first-order valence-corrected chi connectivity index (χ1v) is 12.6. The molecular weight excluding hydrogens is 446 g/mol. The highest BCUT2D eigenvalue weighted by Gasteiger charge is 2.22. The quantitative estimate of drug-likeness (QED) is 0.375. The topological polar surface area (TPSA) is 75.6 Å². The molecule has 3 rings (SSSR count). The van der Waals surface area contributed by atoms with E-state index < -0.39 is 12.0 Å². The predicted octanol–water partition coefficient (Wildman–Crippen LogP) is 5.62. The second-order valence-corrected chi connectivity index (χ2v) is 9.30. The van der Waals surface area contributed by atoms with Gasteiger partial charge < -0.3 is 15.2 Å². The summed E-state index contributed by atoms with van der Waals surface area (Å²) < 4.78 is 5.93. The molecule has 0 fully saturated rings. The second kappa shape index (κ2) is 12.4. The first kappa shape index (κ1) is 25.5. The zero-order valence-electron chi connectivity index (χ0n) is 19.8. The largest absolute Gasteiger partial charge is 0.480 e. The number of hydrogen-bond acceptors (Lipinski definition) is 4. The first-order chi connectivity index (χ1) is 16.4. The molecule has 0 aromatic heterocycles. The standard InChI is InChI=1S/C28H31NO4S/c1-19-8-10-21(11-9-19)17-33-18-22-12-13-24(25(16-22)23-7-5-4-6-20(23)2)27(30)29-26(28(31)32)14-15-34-3/h4-13,16,26H,14-15,17-18H2,1-3H3,(H,29,30)(H,31,32). The molecule has 6 heteroatoms. The fraction of sp³-hybridized carbons (Fsp3) is 0.286. The number of carboxylic acid groups (broad SMARTS) is 1. The van der Waals surface area contributed by atoms with E-state index in [1.165, 1.54) is 5.56 Å².